The van der Waals surface area contributed by atoms with Gasteiger partial charge in [0.2, 0.25) is 0 Å². The van der Waals surface area contributed by atoms with Gasteiger partial charge in [0.15, 0.2) is 5.69 Å². The van der Waals surface area contributed by atoms with Crippen molar-refractivity contribution in [3.05, 3.63) is 41.8 Å². The van der Waals surface area contributed by atoms with Crippen LogP contribution in [0.3, 0.4) is 0 Å². The molecule has 3 heterocycles. The highest BCUT2D eigenvalue weighted by Crippen LogP contribution is 2.11. The molecule has 0 unspecified atom stereocenters. The number of aromatic nitrogens is 3. The van der Waals surface area contributed by atoms with Crippen LogP contribution in [0.2, 0.25) is 0 Å². The zero-order chi connectivity index (χ0) is 15.5. The van der Waals surface area contributed by atoms with Crippen LogP contribution in [0.25, 0.3) is 0 Å². The molecule has 1 aliphatic heterocycles. The second-order valence-electron chi connectivity index (χ2n) is 5.00. The molecule has 3 rings (SSSR count). The molecule has 1 aliphatic rings. The van der Waals surface area contributed by atoms with Crippen LogP contribution in [0.4, 0.5) is 0 Å². The van der Waals surface area contributed by atoms with Gasteiger partial charge in [-0.05, 0) is 6.92 Å². The van der Waals surface area contributed by atoms with E-state index in [1.165, 1.54) is 18.6 Å². The van der Waals surface area contributed by atoms with Crippen LogP contribution in [-0.2, 0) is 0 Å². The van der Waals surface area contributed by atoms with Crippen molar-refractivity contribution in [3.63, 3.8) is 0 Å². The van der Waals surface area contributed by atoms with Gasteiger partial charge in [-0.15, -0.1) is 0 Å². The average molecular weight is 301 g/mol. The number of nitrogens with zero attached hydrogens (tertiary/aromatic N) is 5. The Kier molecular flexibility index (Phi) is 3.82. The summed E-state index contributed by atoms with van der Waals surface area (Å²) in [6.45, 7) is 3.56. The largest absolute Gasteiger partial charge is 0.361 e. The van der Waals surface area contributed by atoms with Crippen LogP contribution in [0, 0.1) is 6.92 Å². The van der Waals surface area contributed by atoms with E-state index in [0.29, 0.717) is 43.3 Å². The van der Waals surface area contributed by atoms with Gasteiger partial charge >= 0.3 is 0 Å². The number of carbonyl (C=O) groups is 2. The third-order valence-corrected chi connectivity index (χ3v) is 3.48. The normalized spacial score (nSPS) is 15.0. The van der Waals surface area contributed by atoms with Gasteiger partial charge in [0.1, 0.15) is 11.5 Å². The molecule has 22 heavy (non-hydrogen) atoms. The SMILES string of the molecule is Cc1cc(C(=O)N2CCN(C(=O)c3cnccn3)CC2)no1. The van der Waals surface area contributed by atoms with Gasteiger partial charge < -0.3 is 14.3 Å². The van der Waals surface area contributed by atoms with Gasteiger partial charge in [-0.1, -0.05) is 5.16 Å². The molecule has 114 valence electrons. The monoisotopic (exact) mass is 301 g/mol. The average Bonchev–Trinajstić information content (AvgIpc) is 3.01. The molecular formula is C14H15N5O3. The fourth-order valence-electron chi connectivity index (χ4n) is 2.31. The Morgan fingerprint density at radius 3 is 2.18 bits per heavy atom. The summed E-state index contributed by atoms with van der Waals surface area (Å²) < 4.78 is 4.92. The molecule has 1 saturated heterocycles. The third kappa shape index (κ3) is 2.80. The Labute approximate surface area is 126 Å². The first-order chi connectivity index (χ1) is 10.6. The highest BCUT2D eigenvalue weighted by Gasteiger charge is 2.27. The van der Waals surface area contributed by atoms with Gasteiger partial charge in [0, 0.05) is 44.6 Å². The van der Waals surface area contributed by atoms with Crippen molar-refractivity contribution >= 4 is 11.8 Å². The maximum absolute atomic E-state index is 12.2. The number of aryl methyl sites for hydroxylation is 1. The van der Waals surface area contributed by atoms with Crippen molar-refractivity contribution in [1.82, 2.24) is 24.9 Å². The molecule has 2 aromatic rings. The summed E-state index contributed by atoms with van der Waals surface area (Å²) in [7, 11) is 0. The molecule has 0 bridgehead atoms. The van der Waals surface area contributed by atoms with E-state index in [2.05, 4.69) is 15.1 Å². The Morgan fingerprint density at radius 1 is 1.05 bits per heavy atom. The fourth-order valence-corrected chi connectivity index (χ4v) is 2.31. The van der Waals surface area contributed by atoms with Crippen LogP contribution in [-0.4, -0.2) is 62.9 Å². The third-order valence-electron chi connectivity index (χ3n) is 3.48. The first kappa shape index (κ1) is 14.2. The smallest absolute Gasteiger partial charge is 0.276 e. The maximum Gasteiger partial charge on any atom is 0.276 e. The van der Waals surface area contributed by atoms with Crippen molar-refractivity contribution in [2.45, 2.75) is 6.92 Å². The van der Waals surface area contributed by atoms with Crippen molar-refractivity contribution < 1.29 is 14.1 Å². The first-order valence-electron chi connectivity index (χ1n) is 6.93. The van der Waals surface area contributed by atoms with Gasteiger partial charge in [-0.25, -0.2) is 4.98 Å². The van der Waals surface area contributed by atoms with Gasteiger partial charge in [-0.2, -0.15) is 0 Å². The second kappa shape index (κ2) is 5.92. The number of amides is 2. The maximum atomic E-state index is 12.2. The molecule has 0 saturated carbocycles. The lowest BCUT2D eigenvalue weighted by atomic mass is 10.2. The summed E-state index contributed by atoms with van der Waals surface area (Å²) in [5.41, 5.74) is 0.612. The van der Waals surface area contributed by atoms with Crippen molar-refractivity contribution in [2.24, 2.45) is 0 Å². The minimum atomic E-state index is -0.177. The van der Waals surface area contributed by atoms with Crippen LogP contribution in [0.15, 0.2) is 29.2 Å². The van der Waals surface area contributed by atoms with E-state index >= 15 is 0 Å². The van der Waals surface area contributed by atoms with Gasteiger partial charge in [0.25, 0.3) is 11.8 Å². The highest BCUT2D eigenvalue weighted by atomic mass is 16.5. The minimum absolute atomic E-state index is 0.169. The summed E-state index contributed by atoms with van der Waals surface area (Å²) in [4.78, 5) is 35.7. The lowest BCUT2D eigenvalue weighted by Gasteiger charge is -2.34. The van der Waals surface area contributed by atoms with E-state index in [4.69, 9.17) is 4.52 Å². The lowest BCUT2D eigenvalue weighted by Crippen LogP contribution is -2.50. The molecule has 0 aromatic carbocycles. The van der Waals surface area contributed by atoms with E-state index in [1.807, 2.05) is 0 Å². The molecule has 8 heteroatoms. The van der Waals surface area contributed by atoms with E-state index < -0.39 is 0 Å². The predicted molar refractivity (Wildman–Crippen MR) is 75.1 cm³/mol. The van der Waals surface area contributed by atoms with Crippen molar-refractivity contribution in [3.8, 4) is 0 Å². The van der Waals surface area contributed by atoms with E-state index in [9.17, 15) is 9.59 Å². The van der Waals surface area contributed by atoms with Crippen LogP contribution < -0.4 is 0 Å². The van der Waals surface area contributed by atoms with Crippen molar-refractivity contribution in [2.75, 3.05) is 26.2 Å². The molecule has 8 nitrogen and oxygen atoms in total. The summed E-state index contributed by atoms with van der Waals surface area (Å²) in [6, 6.07) is 1.61. The Balaban J connectivity index is 1.61. The molecular weight excluding hydrogens is 286 g/mol. The molecule has 0 atom stereocenters. The second-order valence-corrected chi connectivity index (χ2v) is 5.00. The van der Waals surface area contributed by atoms with Crippen LogP contribution >= 0.6 is 0 Å². The summed E-state index contributed by atoms with van der Waals surface area (Å²) in [5, 5.41) is 3.73. The summed E-state index contributed by atoms with van der Waals surface area (Å²) >= 11 is 0. The van der Waals surface area contributed by atoms with E-state index in [1.54, 1.807) is 22.8 Å². The van der Waals surface area contributed by atoms with Crippen LogP contribution in [0.1, 0.15) is 26.7 Å². The molecule has 2 aromatic heterocycles. The molecule has 2 amide bonds. The summed E-state index contributed by atoms with van der Waals surface area (Å²) in [5.74, 6) is 0.251. The molecule has 0 N–H and O–H groups in total. The summed E-state index contributed by atoms with van der Waals surface area (Å²) in [6.07, 6.45) is 4.45. The Morgan fingerprint density at radius 2 is 1.68 bits per heavy atom. The number of hydrogen-bond donors (Lipinski definition) is 0. The van der Waals surface area contributed by atoms with Crippen molar-refractivity contribution in [1.29, 1.82) is 0 Å². The fraction of sp³-hybridized carbons (Fsp3) is 0.357. The molecule has 0 aliphatic carbocycles. The van der Waals surface area contributed by atoms with Gasteiger partial charge in [0.05, 0.1) is 6.20 Å². The standard InChI is InChI=1S/C14H15N5O3/c1-10-8-11(17-22-10)13(20)18-4-6-19(7-5-18)14(21)12-9-15-2-3-16-12/h2-3,8-9H,4-7H2,1H3. The Hall–Kier alpha value is -2.77. The first-order valence-corrected chi connectivity index (χ1v) is 6.93. The van der Waals surface area contributed by atoms with Gasteiger partial charge in [-0.3, -0.25) is 14.6 Å². The highest BCUT2D eigenvalue weighted by molar-refractivity contribution is 5.93. The molecule has 1 fully saturated rings. The van der Waals surface area contributed by atoms with Crippen LogP contribution in [0.5, 0.6) is 0 Å². The lowest BCUT2D eigenvalue weighted by molar-refractivity contribution is 0.0526. The topological polar surface area (TPSA) is 92.4 Å². The quantitative estimate of drug-likeness (QED) is 0.795. The zero-order valence-electron chi connectivity index (χ0n) is 12.1. The Bertz CT molecular complexity index is 677. The number of carbonyl (C=O) groups excluding carboxylic acids is 2. The molecule has 0 radical (unpaired) electrons. The minimum Gasteiger partial charge on any atom is -0.361 e. The number of hydrogen-bond acceptors (Lipinski definition) is 6. The number of piperazine rings is 1. The van der Waals surface area contributed by atoms with E-state index in [-0.39, 0.29) is 11.8 Å². The predicted octanol–water partition coefficient (Wildman–Crippen LogP) is 0.371. The zero-order valence-corrected chi connectivity index (χ0v) is 12.1. The number of rotatable bonds is 2. The molecule has 0 spiro atoms. The van der Waals surface area contributed by atoms with E-state index in [0.717, 1.165) is 0 Å².